The van der Waals surface area contributed by atoms with Crippen molar-refractivity contribution in [3.63, 3.8) is 0 Å². The molecule has 0 unspecified atom stereocenters. The molecule has 0 aliphatic heterocycles. The lowest BCUT2D eigenvalue weighted by Gasteiger charge is -2.03. The topological polar surface area (TPSA) is 64.7 Å². The zero-order chi connectivity index (χ0) is 15.9. The predicted octanol–water partition coefficient (Wildman–Crippen LogP) is 4.24. The SMILES string of the molecule is Cc1ccc(-c2cc(N)nc(-c3nc(C(F)(F)F)cs3)n2)s1. The molecule has 0 bridgehead atoms. The molecule has 0 amide bonds. The maximum absolute atomic E-state index is 12.6. The molecule has 0 spiro atoms. The minimum Gasteiger partial charge on any atom is -0.384 e. The van der Waals surface area contributed by atoms with E-state index < -0.39 is 11.9 Å². The lowest BCUT2D eigenvalue weighted by molar-refractivity contribution is -0.140. The van der Waals surface area contributed by atoms with E-state index in [1.54, 1.807) is 6.07 Å². The normalized spacial score (nSPS) is 11.8. The number of nitrogens with zero attached hydrogens (tertiary/aromatic N) is 3. The van der Waals surface area contributed by atoms with Crippen LogP contribution in [0.15, 0.2) is 23.6 Å². The molecular formula is C13H9F3N4S2. The summed E-state index contributed by atoms with van der Waals surface area (Å²) >= 11 is 2.36. The van der Waals surface area contributed by atoms with Crippen molar-refractivity contribution >= 4 is 28.5 Å². The summed E-state index contributed by atoms with van der Waals surface area (Å²) in [5.74, 6) is 0.288. The van der Waals surface area contributed by atoms with Gasteiger partial charge in [0, 0.05) is 16.3 Å². The minimum atomic E-state index is -4.48. The summed E-state index contributed by atoms with van der Waals surface area (Å²) in [7, 11) is 0. The number of thiazole rings is 1. The van der Waals surface area contributed by atoms with E-state index in [0.29, 0.717) is 5.69 Å². The van der Waals surface area contributed by atoms with Crippen molar-refractivity contribution in [1.29, 1.82) is 0 Å². The maximum atomic E-state index is 12.6. The standard InChI is InChI=1S/C13H9F3N4S2/c1-6-2-3-8(22-6)7-4-10(17)20-11(18-7)12-19-9(5-21-12)13(14,15)16/h2-5H,1H3,(H2,17,18,20). The van der Waals surface area contributed by atoms with Gasteiger partial charge in [0.25, 0.3) is 0 Å². The van der Waals surface area contributed by atoms with E-state index in [-0.39, 0.29) is 16.6 Å². The largest absolute Gasteiger partial charge is 0.434 e. The molecule has 22 heavy (non-hydrogen) atoms. The van der Waals surface area contributed by atoms with E-state index in [2.05, 4.69) is 15.0 Å². The quantitative estimate of drug-likeness (QED) is 0.756. The summed E-state index contributed by atoms with van der Waals surface area (Å²) in [6, 6.07) is 5.41. The Morgan fingerprint density at radius 3 is 2.50 bits per heavy atom. The van der Waals surface area contributed by atoms with E-state index in [4.69, 9.17) is 5.73 Å². The van der Waals surface area contributed by atoms with Crippen molar-refractivity contribution in [2.75, 3.05) is 5.73 Å². The second kappa shape index (κ2) is 5.33. The number of alkyl halides is 3. The lowest BCUT2D eigenvalue weighted by atomic mass is 10.3. The number of hydrogen-bond donors (Lipinski definition) is 1. The smallest absolute Gasteiger partial charge is 0.384 e. The first-order chi connectivity index (χ1) is 10.3. The molecule has 114 valence electrons. The van der Waals surface area contributed by atoms with Crippen molar-refractivity contribution in [2.24, 2.45) is 0 Å². The number of hydrogen-bond acceptors (Lipinski definition) is 6. The fourth-order valence-corrected chi connectivity index (χ4v) is 3.35. The molecule has 0 saturated heterocycles. The Hall–Kier alpha value is -2.00. The highest BCUT2D eigenvalue weighted by atomic mass is 32.1. The van der Waals surface area contributed by atoms with Crippen LogP contribution in [0.4, 0.5) is 19.0 Å². The first-order valence-corrected chi connectivity index (χ1v) is 7.77. The van der Waals surface area contributed by atoms with E-state index in [1.165, 1.54) is 11.3 Å². The van der Waals surface area contributed by atoms with Gasteiger partial charge in [-0.05, 0) is 19.1 Å². The van der Waals surface area contributed by atoms with Crippen LogP contribution in [0.2, 0.25) is 0 Å². The summed E-state index contributed by atoms with van der Waals surface area (Å²) in [5.41, 5.74) is 5.36. The molecule has 0 aromatic carbocycles. The van der Waals surface area contributed by atoms with Gasteiger partial charge in [0.15, 0.2) is 16.5 Å². The number of rotatable bonds is 2. The fraction of sp³-hybridized carbons (Fsp3) is 0.154. The summed E-state index contributed by atoms with van der Waals surface area (Å²) in [6.07, 6.45) is -4.48. The Labute approximate surface area is 131 Å². The number of aromatic nitrogens is 3. The van der Waals surface area contributed by atoms with E-state index in [9.17, 15) is 13.2 Å². The van der Waals surface area contributed by atoms with Gasteiger partial charge in [-0.2, -0.15) is 13.2 Å². The van der Waals surface area contributed by atoms with E-state index in [1.807, 2.05) is 19.1 Å². The second-order valence-corrected chi connectivity index (χ2v) is 6.59. The number of thiophene rings is 1. The van der Waals surface area contributed by atoms with Crippen molar-refractivity contribution in [2.45, 2.75) is 13.1 Å². The lowest BCUT2D eigenvalue weighted by Crippen LogP contribution is -2.05. The van der Waals surface area contributed by atoms with Crippen LogP contribution in [-0.2, 0) is 6.18 Å². The summed E-state index contributed by atoms with van der Waals surface area (Å²) < 4.78 is 37.9. The van der Waals surface area contributed by atoms with Gasteiger partial charge in [-0.15, -0.1) is 22.7 Å². The number of aryl methyl sites for hydroxylation is 1. The number of nitrogens with two attached hydrogens (primary N) is 1. The van der Waals surface area contributed by atoms with Crippen molar-refractivity contribution in [3.05, 3.63) is 34.2 Å². The molecule has 0 saturated carbocycles. The van der Waals surface area contributed by atoms with Gasteiger partial charge in [0.05, 0.1) is 10.6 Å². The van der Waals surface area contributed by atoms with Gasteiger partial charge in [0.1, 0.15) is 5.82 Å². The number of anilines is 1. The molecule has 9 heteroatoms. The van der Waals surface area contributed by atoms with Crippen LogP contribution in [0.1, 0.15) is 10.6 Å². The van der Waals surface area contributed by atoms with Gasteiger partial charge >= 0.3 is 6.18 Å². The molecule has 0 fully saturated rings. The summed E-state index contributed by atoms with van der Waals surface area (Å²) in [6.45, 7) is 1.95. The fourth-order valence-electron chi connectivity index (χ4n) is 1.77. The van der Waals surface area contributed by atoms with Gasteiger partial charge in [0.2, 0.25) is 0 Å². The second-order valence-electron chi connectivity index (χ2n) is 4.45. The van der Waals surface area contributed by atoms with Gasteiger partial charge in [-0.1, -0.05) is 0 Å². The number of halogens is 3. The van der Waals surface area contributed by atoms with E-state index in [0.717, 1.165) is 26.5 Å². The highest BCUT2D eigenvalue weighted by molar-refractivity contribution is 7.15. The molecule has 0 radical (unpaired) electrons. The summed E-state index contributed by atoms with van der Waals surface area (Å²) in [5, 5.41) is 1.03. The highest BCUT2D eigenvalue weighted by Gasteiger charge is 2.34. The van der Waals surface area contributed by atoms with Crippen LogP contribution in [0.3, 0.4) is 0 Å². The van der Waals surface area contributed by atoms with Crippen LogP contribution < -0.4 is 5.73 Å². The van der Waals surface area contributed by atoms with Gasteiger partial charge in [-0.3, -0.25) is 0 Å². The Bertz CT molecular complexity index is 823. The third-order valence-electron chi connectivity index (χ3n) is 2.72. The molecule has 3 aromatic rings. The Morgan fingerprint density at radius 2 is 1.91 bits per heavy atom. The molecule has 3 heterocycles. The molecule has 0 atom stereocenters. The molecule has 2 N–H and O–H groups in total. The van der Waals surface area contributed by atoms with Gasteiger partial charge < -0.3 is 5.73 Å². The van der Waals surface area contributed by atoms with E-state index >= 15 is 0 Å². The van der Waals surface area contributed by atoms with Crippen LogP contribution in [-0.4, -0.2) is 15.0 Å². The Balaban J connectivity index is 2.04. The zero-order valence-corrected chi connectivity index (χ0v) is 12.8. The number of nitrogen functional groups attached to an aromatic ring is 1. The van der Waals surface area contributed by atoms with Crippen molar-refractivity contribution < 1.29 is 13.2 Å². The highest BCUT2D eigenvalue weighted by Crippen LogP contribution is 2.34. The van der Waals surface area contributed by atoms with Crippen LogP contribution in [0, 0.1) is 6.92 Å². The van der Waals surface area contributed by atoms with Crippen molar-refractivity contribution in [3.8, 4) is 21.4 Å². The third-order valence-corrected chi connectivity index (χ3v) is 4.59. The summed E-state index contributed by atoms with van der Waals surface area (Å²) in [4.78, 5) is 13.8. The first-order valence-electron chi connectivity index (χ1n) is 6.07. The average Bonchev–Trinajstić information content (AvgIpc) is 3.05. The molecule has 3 aromatic heterocycles. The molecular weight excluding hydrogens is 333 g/mol. The molecule has 4 nitrogen and oxygen atoms in total. The van der Waals surface area contributed by atoms with Crippen molar-refractivity contribution in [1.82, 2.24) is 15.0 Å². The molecule has 0 aliphatic carbocycles. The Kier molecular flexibility index (Phi) is 3.61. The maximum Gasteiger partial charge on any atom is 0.434 e. The average molecular weight is 342 g/mol. The van der Waals surface area contributed by atoms with Crippen LogP contribution >= 0.6 is 22.7 Å². The van der Waals surface area contributed by atoms with Gasteiger partial charge in [-0.25, -0.2) is 15.0 Å². The predicted molar refractivity (Wildman–Crippen MR) is 80.6 cm³/mol. The molecule has 0 aliphatic rings. The minimum absolute atomic E-state index is 0.0918. The monoisotopic (exact) mass is 342 g/mol. The first kappa shape index (κ1) is 14.9. The van der Waals surface area contributed by atoms with Crippen LogP contribution in [0.25, 0.3) is 21.4 Å². The third kappa shape index (κ3) is 2.95. The Morgan fingerprint density at radius 1 is 1.14 bits per heavy atom. The molecule has 3 rings (SSSR count). The zero-order valence-electron chi connectivity index (χ0n) is 11.2. The van der Waals surface area contributed by atoms with Crippen LogP contribution in [0.5, 0.6) is 0 Å².